The predicted octanol–water partition coefficient (Wildman–Crippen LogP) is -0.110. The maximum atomic E-state index is 10.8. The maximum absolute atomic E-state index is 10.8. The van der Waals surface area contributed by atoms with Crippen LogP contribution in [0.5, 0.6) is 0 Å². The zero-order valence-corrected chi connectivity index (χ0v) is 8.39. The van der Waals surface area contributed by atoms with Crippen LogP contribution in [0.4, 0.5) is 0 Å². The van der Waals surface area contributed by atoms with E-state index in [9.17, 15) is 8.42 Å². The zero-order chi connectivity index (χ0) is 9.35. The number of halogens is 1. The molecule has 2 N–H and O–H groups in total. The molecule has 0 bridgehead atoms. The minimum absolute atomic E-state index is 0.00868. The van der Waals surface area contributed by atoms with Gasteiger partial charge in [0.2, 0.25) is 10.0 Å². The number of sulfonamides is 1. The van der Waals surface area contributed by atoms with Crippen molar-refractivity contribution >= 4 is 39.3 Å². The minimum Gasteiger partial charge on any atom is -0.225 e. The largest absolute Gasteiger partial charge is 0.238 e. The third-order valence-electron chi connectivity index (χ3n) is 1.22. The number of nitrogens with two attached hydrogens (primary N) is 1. The molecule has 62 valence electrons. The molecule has 0 saturated carbocycles. The number of primary sulfonamides is 1. The van der Waals surface area contributed by atoms with Crippen LogP contribution in [-0.2, 0) is 10.0 Å². The first-order valence-corrected chi connectivity index (χ1v) is 5.32. The lowest BCUT2D eigenvalue weighted by molar-refractivity contribution is 0.598. The first-order chi connectivity index (χ1) is 5.39. The standard InChI is InChI=1S/C6H5BBrNO2S/c7-4-1-5(8)3-6(2-4)12(9,10)11/h1-3H,(H2,9,10,11). The molecule has 0 saturated heterocycles. The van der Waals surface area contributed by atoms with Crippen LogP contribution in [0.2, 0.25) is 0 Å². The molecule has 6 heteroatoms. The molecule has 0 amide bonds. The first kappa shape index (κ1) is 9.76. The van der Waals surface area contributed by atoms with Gasteiger partial charge < -0.3 is 0 Å². The van der Waals surface area contributed by atoms with E-state index < -0.39 is 10.0 Å². The van der Waals surface area contributed by atoms with Crippen LogP contribution < -0.4 is 10.6 Å². The van der Waals surface area contributed by atoms with E-state index in [-0.39, 0.29) is 4.90 Å². The smallest absolute Gasteiger partial charge is 0.225 e. The fourth-order valence-electron chi connectivity index (χ4n) is 0.749. The van der Waals surface area contributed by atoms with E-state index in [0.29, 0.717) is 9.94 Å². The highest BCUT2D eigenvalue weighted by atomic mass is 79.9. The number of rotatable bonds is 1. The van der Waals surface area contributed by atoms with Gasteiger partial charge in [0.15, 0.2) is 0 Å². The van der Waals surface area contributed by atoms with Gasteiger partial charge in [-0.15, -0.1) is 0 Å². The van der Waals surface area contributed by atoms with E-state index in [1.54, 1.807) is 6.07 Å². The summed E-state index contributed by atoms with van der Waals surface area (Å²) in [6.07, 6.45) is 0. The van der Waals surface area contributed by atoms with E-state index in [1.165, 1.54) is 12.1 Å². The van der Waals surface area contributed by atoms with Crippen LogP contribution in [0.3, 0.4) is 0 Å². The highest BCUT2D eigenvalue weighted by Crippen LogP contribution is 2.12. The summed E-state index contributed by atoms with van der Waals surface area (Å²) in [5.74, 6) is 0. The van der Waals surface area contributed by atoms with Crippen molar-refractivity contribution in [3.05, 3.63) is 22.7 Å². The number of benzene rings is 1. The van der Waals surface area contributed by atoms with E-state index >= 15 is 0 Å². The monoisotopic (exact) mass is 245 g/mol. The molecule has 0 heterocycles. The normalized spacial score (nSPS) is 11.5. The van der Waals surface area contributed by atoms with Crippen molar-refractivity contribution < 1.29 is 8.42 Å². The van der Waals surface area contributed by atoms with E-state index in [1.807, 2.05) is 0 Å². The van der Waals surface area contributed by atoms with Crippen LogP contribution in [0, 0.1) is 0 Å². The third kappa shape index (κ3) is 2.33. The zero-order valence-electron chi connectivity index (χ0n) is 5.99. The van der Waals surface area contributed by atoms with E-state index in [4.69, 9.17) is 13.0 Å². The fourth-order valence-corrected chi connectivity index (χ4v) is 2.00. The average molecular weight is 246 g/mol. The van der Waals surface area contributed by atoms with Gasteiger partial charge in [0, 0.05) is 4.47 Å². The summed E-state index contributed by atoms with van der Waals surface area (Å²) in [4.78, 5) is 0.00868. The quantitative estimate of drug-likeness (QED) is 0.702. The third-order valence-corrected chi connectivity index (χ3v) is 2.57. The van der Waals surface area contributed by atoms with Gasteiger partial charge in [-0.1, -0.05) is 27.5 Å². The summed E-state index contributed by atoms with van der Waals surface area (Å²) in [5.41, 5.74) is 0.355. The molecule has 0 aliphatic heterocycles. The van der Waals surface area contributed by atoms with Crippen LogP contribution in [-0.4, -0.2) is 16.3 Å². The number of hydrogen-bond acceptors (Lipinski definition) is 2. The molecule has 0 aromatic heterocycles. The van der Waals surface area contributed by atoms with Crippen molar-refractivity contribution in [3.63, 3.8) is 0 Å². The molecule has 1 aromatic carbocycles. The number of hydrogen-bond donors (Lipinski definition) is 1. The van der Waals surface area contributed by atoms with Gasteiger partial charge in [0.1, 0.15) is 7.85 Å². The maximum Gasteiger partial charge on any atom is 0.238 e. The van der Waals surface area contributed by atoms with Gasteiger partial charge in [-0.25, -0.2) is 13.6 Å². The van der Waals surface area contributed by atoms with Crippen LogP contribution in [0.25, 0.3) is 0 Å². The second-order valence-corrected chi connectivity index (χ2v) is 4.74. The summed E-state index contributed by atoms with van der Waals surface area (Å²) in [6.45, 7) is 0. The van der Waals surface area contributed by atoms with Gasteiger partial charge >= 0.3 is 0 Å². The van der Waals surface area contributed by atoms with Crippen LogP contribution in [0.15, 0.2) is 27.6 Å². The van der Waals surface area contributed by atoms with Crippen molar-refractivity contribution in [2.75, 3.05) is 0 Å². The Balaban J connectivity index is 3.37. The molecule has 0 fully saturated rings. The van der Waals surface area contributed by atoms with Crippen molar-refractivity contribution in [3.8, 4) is 0 Å². The summed E-state index contributed by atoms with van der Waals surface area (Å²) in [7, 11) is 1.75. The molecule has 0 atom stereocenters. The van der Waals surface area contributed by atoms with Crippen molar-refractivity contribution in [2.24, 2.45) is 5.14 Å². The van der Waals surface area contributed by atoms with Gasteiger partial charge in [-0.3, -0.25) is 0 Å². The Hall–Kier alpha value is -0.325. The lowest BCUT2D eigenvalue weighted by Crippen LogP contribution is -2.15. The Kier molecular flexibility index (Phi) is 2.60. The van der Waals surface area contributed by atoms with Gasteiger partial charge in [0.05, 0.1) is 4.90 Å². The molecule has 12 heavy (non-hydrogen) atoms. The molecule has 3 nitrogen and oxygen atoms in total. The Morgan fingerprint density at radius 1 is 1.33 bits per heavy atom. The topological polar surface area (TPSA) is 60.2 Å². The summed E-state index contributed by atoms with van der Waals surface area (Å²) in [6, 6.07) is 4.29. The molecular weight excluding hydrogens is 241 g/mol. The molecule has 1 aromatic rings. The van der Waals surface area contributed by atoms with Crippen LogP contribution in [0.1, 0.15) is 0 Å². The molecule has 0 unspecified atom stereocenters. The average Bonchev–Trinajstić information content (AvgIpc) is 1.82. The highest BCUT2D eigenvalue weighted by molar-refractivity contribution is 9.10. The molecule has 0 aliphatic rings. The second-order valence-electron chi connectivity index (χ2n) is 2.27. The molecule has 2 radical (unpaired) electrons. The predicted molar refractivity (Wildman–Crippen MR) is 50.9 cm³/mol. The van der Waals surface area contributed by atoms with Crippen molar-refractivity contribution in [2.45, 2.75) is 4.90 Å². The summed E-state index contributed by atoms with van der Waals surface area (Å²) in [5, 5.41) is 4.89. The lowest BCUT2D eigenvalue weighted by Gasteiger charge is -2.00. The molecule has 0 aliphatic carbocycles. The lowest BCUT2D eigenvalue weighted by atomic mass is 9.97. The SMILES string of the molecule is [B]c1cc(Br)cc(S(N)(=O)=O)c1. The summed E-state index contributed by atoms with van der Waals surface area (Å²) < 4.78 is 22.3. The highest BCUT2D eigenvalue weighted by Gasteiger charge is 2.07. The fraction of sp³-hybridized carbons (Fsp3) is 0. The van der Waals surface area contributed by atoms with Crippen LogP contribution >= 0.6 is 15.9 Å². The Labute approximate surface area is 80.6 Å². The van der Waals surface area contributed by atoms with E-state index in [0.717, 1.165) is 0 Å². The molecular formula is C6H5BBrNO2S. The summed E-state index contributed by atoms with van der Waals surface area (Å²) >= 11 is 3.11. The Bertz CT molecular complexity index is 384. The Morgan fingerprint density at radius 2 is 1.92 bits per heavy atom. The van der Waals surface area contributed by atoms with Crippen molar-refractivity contribution in [1.29, 1.82) is 0 Å². The van der Waals surface area contributed by atoms with Gasteiger partial charge in [0.25, 0.3) is 0 Å². The van der Waals surface area contributed by atoms with Crippen molar-refractivity contribution in [1.82, 2.24) is 0 Å². The first-order valence-electron chi connectivity index (χ1n) is 2.98. The van der Waals surface area contributed by atoms with E-state index in [2.05, 4.69) is 15.9 Å². The molecule has 0 spiro atoms. The Morgan fingerprint density at radius 3 is 2.33 bits per heavy atom. The second kappa shape index (κ2) is 3.20. The van der Waals surface area contributed by atoms with Gasteiger partial charge in [-0.2, -0.15) is 0 Å². The van der Waals surface area contributed by atoms with Gasteiger partial charge in [-0.05, 0) is 12.1 Å². The minimum atomic E-state index is -3.66. The molecule has 1 rings (SSSR count).